The number of ether oxygens (including phenoxy) is 2. The van der Waals surface area contributed by atoms with Crippen LogP contribution in [-0.4, -0.2) is 19.3 Å². The van der Waals surface area contributed by atoms with Crippen LogP contribution in [0.3, 0.4) is 0 Å². The molecule has 0 atom stereocenters. The van der Waals surface area contributed by atoms with Gasteiger partial charge in [-0.25, -0.2) is 0 Å². The Kier molecular flexibility index (Phi) is 4.54. The second kappa shape index (κ2) is 6.77. The lowest BCUT2D eigenvalue weighted by molar-refractivity contribution is 0.122. The number of aliphatic hydroxyl groups is 1. The first kappa shape index (κ1) is 16.1. The second-order valence-electron chi connectivity index (χ2n) is 5.51. The molecule has 3 aromatic rings. The topological polar surface area (TPSA) is 38.7 Å². The van der Waals surface area contributed by atoms with Crippen LogP contribution in [0.1, 0.15) is 16.7 Å². The normalized spacial score (nSPS) is 11.1. The van der Waals surface area contributed by atoms with Gasteiger partial charge in [0.25, 0.3) is 0 Å². The van der Waals surface area contributed by atoms with Crippen molar-refractivity contribution in [2.24, 2.45) is 0 Å². The molecule has 3 rings (SSSR count). The Morgan fingerprint density at radius 2 is 1.25 bits per heavy atom. The van der Waals surface area contributed by atoms with Gasteiger partial charge in [-0.1, -0.05) is 60.7 Å². The maximum absolute atomic E-state index is 11.8. The highest BCUT2D eigenvalue weighted by Crippen LogP contribution is 2.42. The summed E-state index contributed by atoms with van der Waals surface area (Å²) in [7, 11) is 3.20. The van der Waals surface area contributed by atoms with E-state index in [0.29, 0.717) is 17.1 Å². The summed E-state index contributed by atoms with van der Waals surface area (Å²) >= 11 is 0. The summed E-state index contributed by atoms with van der Waals surface area (Å²) in [4.78, 5) is 0. The Bertz CT molecular complexity index is 758. The molecular weight excluding hydrogens is 300 g/mol. The molecule has 122 valence electrons. The van der Waals surface area contributed by atoms with E-state index in [0.717, 1.165) is 11.1 Å². The molecule has 0 aliphatic rings. The van der Waals surface area contributed by atoms with Crippen LogP contribution in [0.2, 0.25) is 0 Å². The summed E-state index contributed by atoms with van der Waals surface area (Å²) in [5, 5.41) is 11.8. The summed E-state index contributed by atoms with van der Waals surface area (Å²) < 4.78 is 10.8. The summed E-state index contributed by atoms with van der Waals surface area (Å²) in [6, 6.07) is 24.6. The highest BCUT2D eigenvalue weighted by atomic mass is 16.5. The molecule has 3 heteroatoms. The van der Waals surface area contributed by atoms with Crippen LogP contribution >= 0.6 is 0 Å². The second-order valence-corrected chi connectivity index (χ2v) is 5.51. The summed E-state index contributed by atoms with van der Waals surface area (Å²) in [5.41, 5.74) is 0.905. The number of benzene rings is 3. The third-order valence-electron chi connectivity index (χ3n) is 4.18. The highest BCUT2D eigenvalue weighted by Gasteiger charge is 2.36. The van der Waals surface area contributed by atoms with Gasteiger partial charge in [-0.3, -0.25) is 0 Å². The van der Waals surface area contributed by atoms with Crippen LogP contribution < -0.4 is 9.47 Å². The molecule has 3 aromatic carbocycles. The van der Waals surface area contributed by atoms with Gasteiger partial charge in [-0.05, 0) is 23.3 Å². The molecule has 0 radical (unpaired) electrons. The molecule has 1 N–H and O–H groups in total. The van der Waals surface area contributed by atoms with Gasteiger partial charge in [-0.15, -0.1) is 0 Å². The van der Waals surface area contributed by atoms with E-state index in [1.54, 1.807) is 20.3 Å². The zero-order chi connectivity index (χ0) is 17.0. The Hall–Kier alpha value is -2.78. The summed E-state index contributed by atoms with van der Waals surface area (Å²) in [6.45, 7) is 0. The maximum Gasteiger partial charge on any atom is 0.144 e. The van der Waals surface area contributed by atoms with Crippen molar-refractivity contribution in [3.8, 4) is 11.5 Å². The number of hydrogen-bond acceptors (Lipinski definition) is 3. The molecule has 0 aliphatic carbocycles. The van der Waals surface area contributed by atoms with Crippen molar-refractivity contribution < 1.29 is 14.6 Å². The zero-order valence-electron chi connectivity index (χ0n) is 13.8. The fraction of sp³-hybridized carbons (Fsp3) is 0.143. The predicted octanol–water partition coefficient (Wildman–Crippen LogP) is 3.99. The molecule has 0 aromatic heterocycles. The minimum Gasteiger partial charge on any atom is -0.497 e. The average molecular weight is 320 g/mol. The minimum atomic E-state index is -1.32. The molecular formula is C21H20O3. The molecule has 0 fully saturated rings. The van der Waals surface area contributed by atoms with E-state index in [1.165, 1.54) is 0 Å². The molecule has 3 nitrogen and oxygen atoms in total. The largest absolute Gasteiger partial charge is 0.497 e. The molecule has 0 saturated heterocycles. The monoisotopic (exact) mass is 320 g/mol. The third-order valence-corrected chi connectivity index (χ3v) is 4.18. The molecule has 0 aliphatic heterocycles. The van der Waals surface area contributed by atoms with Crippen LogP contribution in [-0.2, 0) is 5.60 Å². The molecule has 0 unspecified atom stereocenters. The Labute approximate surface area is 142 Å². The number of rotatable bonds is 5. The fourth-order valence-corrected chi connectivity index (χ4v) is 2.93. The van der Waals surface area contributed by atoms with E-state index in [2.05, 4.69) is 0 Å². The van der Waals surface area contributed by atoms with Gasteiger partial charge in [-0.2, -0.15) is 0 Å². The van der Waals surface area contributed by atoms with E-state index in [-0.39, 0.29) is 0 Å². The van der Waals surface area contributed by atoms with Gasteiger partial charge in [0.2, 0.25) is 0 Å². The molecule has 0 saturated carbocycles. The van der Waals surface area contributed by atoms with Crippen molar-refractivity contribution in [3.05, 3.63) is 95.6 Å². The first-order valence-electron chi connectivity index (χ1n) is 7.76. The Morgan fingerprint density at radius 1 is 0.708 bits per heavy atom. The van der Waals surface area contributed by atoms with E-state index in [9.17, 15) is 5.11 Å². The average Bonchev–Trinajstić information content (AvgIpc) is 2.68. The molecule has 0 heterocycles. The third kappa shape index (κ3) is 2.74. The summed E-state index contributed by atoms with van der Waals surface area (Å²) in [6.07, 6.45) is 0. The van der Waals surface area contributed by atoms with Gasteiger partial charge in [0.15, 0.2) is 0 Å². The van der Waals surface area contributed by atoms with Crippen molar-refractivity contribution >= 4 is 0 Å². The van der Waals surface area contributed by atoms with Crippen LogP contribution in [0, 0.1) is 0 Å². The first-order chi connectivity index (χ1) is 11.7. The van der Waals surface area contributed by atoms with Gasteiger partial charge in [0.05, 0.1) is 14.2 Å². The maximum atomic E-state index is 11.8. The molecule has 24 heavy (non-hydrogen) atoms. The van der Waals surface area contributed by atoms with Crippen molar-refractivity contribution in [2.75, 3.05) is 14.2 Å². The first-order valence-corrected chi connectivity index (χ1v) is 7.76. The lowest BCUT2D eigenvalue weighted by Crippen LogP contribution is -2.29. The lowest BCUT2D eigenvalue weighted by atomic mass is 9.80. The van der Waals surface area contributed by atoms with Crippen LogP contribution in [0.5, 0.6) is 11.5 Å². The van der Waals surface area contributed by atoms with Crippen LogP contribution in [0.15, 0.2) is 78.9 Å². The van der Waals surface area contributed by atoms with Gasteiger partial charge in [0, 0.05) is 11.6 Å². The Morgan fingerprint density at radius 3 is 1.71 bits per heavy atom. The zero-order valence-corrected chi connectivity index (χ0v) is 13.8. The standard InChI is InChI=1S/C21H20O3/c1-23-18-13-14-19(20(15-18)24-2)21(22,16-9-5-3-6-10-16)17-11-7-4-8-12-17/h3-15,22H,1-2H3. The van der Waals surface area contributed by atoms with Gasteiger partial charge >= 0.3 is 0 Å². The lowest BCUT2D eigenvalue weighted by Gasteiger charge is -2.31. The Balaban J connectivity index is 2.27. The molecule has 0 bridgehead atoms. The van der Waals surface area contributed by atoms with Crippen molar-refractivity contribution in [1.29, 1.82) is 0 Å². The van der Waals surface area contributed by atoms with Gasteiger partial charge < -0.3 is 14.6 Å². The van der Waals surface area contributed by atoms with Gasteiger partial charge in [0.1, 0.15) is 17.1 Å². The predicted molar refractivity (Wildman–Crippen MR) is 94.5 cm³/mol. The van der Waals surface area contributed by atoms with E-state index in [1.807, 2.05) is 72.8 Å². The van der Waals surface area contributed by atoms with Crippen molar-refractivity contribution in [3.63, 3.8) is 0 Å². The van der Waals surface area contributed by atoms with E-state index >= 15 is 0 Å². The fourth-order valence-electron chi connectivity index (χ4n) is 2.93. The smallest absolute Gasteiger partial charge is 0.144 e. The van der Waals surface area contributed by atoms with E-state index in [4.69, 9.17) is 9.47 Å². The number of hydrogen-bond donors (Lipinski definition) is 1. The minimum absolute atomic E-state index is 0.574. The van der Waals surface area contributed by atoms with Crippen LogP contribution in [0.4, 0.5) is 0 Å². The number of methoxy groups -OCH3 is 2. The van der Waals surface area contributed by atoms with Crippen molar-refractivity contribution in [1.82, 2.24) is 0 Å². The quantitative estimate of drug-likeness (QED) is 0.723. The SMILES string of the molecule is COc1ccc(C(O)(c2ccccc2)c2ccccc2)c(OC)c1. The molecule has 0 spiro atoms. The van der Waals surface area contributed by atoms with Crippen LogP contribution in [0.25, 0.3) is 0 Å². The highest BCUT2D eigenvalue weighted by molar-refractivity contribution is 5.54. The van der Waals surface area contributed by atoms with Crippen molar-refractivity contribution in [2.45, 2.75) is 5.60 Å². The summed E-state index contributed by atoms with van der Waals surface area (Å²) in [5.74, 6) is 1.25. The van der Waals surface area contributed by atoms with E-state index < -0.39 is 5.60 Å². The molecule has 0 amide bonds.